The minimum Gasteiger partial charge on any atom is -0.364 e. The van der Waals surface area contributed by atoms with Gasteiger partial charge in [0, 0.05) is 17.8 Å². The minimum absolute atomic E-state index is 0.00246. The van der Waals surface area contributed by atoms with Crippen LogP contribution in [0.25, 0.3) is 0 Å². The van der Waals surface area contributed by atoms with E-state index in [0.29, 0.717) is 5.95 Å². The van der Waals surface area contributed by atoms with Gasteiger partial charge in [0.05, 0.1) is 0 Å². The first kappa shape index (κ1) is 16.1. The fraction of sp³-hybridized carbons (Fsp3) is 0.375. The third-order valence-corrected chi connectivity index (χ3v) is 4.09. The average Bonchev–Trinajstić information content (AvgIpc) is 2.58. The molecule has 2 atom stereocenters. The first-order valence-electron chi connectivity index (χ1n) is 8.02. The Labute approximate surface area is 140 Å². The number of rotatable bonds is 5. The number of aromatic nitrogens is 3. The Balaban J connectivity index is 1.83. The summed E-state index contributed by atoms with van der Waals surface area (Å²) in [5.41, 5.74) is 12.3. The fourth-order valence-electron chi connectivity index (χ4n) is 2.80. The van der Waals surface area contributed by atoms with Crippen molar-refractivity contribution < 1.29 is 4.79 Å². The highest BCUT2D eigenvalue weighted by Gasteiger charge is 2.23. The van der Waals surface area contributed by atoms with Gasteiger partial charge in [-0.3, -0.25) is 4.79 Å². The van der Waals surface area contributed by atoms with E-state index in [4.69, 9.17) is 11.5 Å². The standard InChI is InChI=1S/C16H21N7O/c17-11-8-4-5-9-12(11)20-16-21-15(13(14(18)24)22-23-16)19-10-6-2-1-3-7-10/h1-3,6-7,11-12H,4-5,8-9,17H2,(H2,18,24)(H2,19,20,21,23)/t11-,12+/m0/s1. The van der Waals surface area contributed by atoms with Crippen LogP contribution in [0.4, 0.5) is 17.5 Å². The maximum atomic E-state index is 11.6. The van der Waals surface area contributed by atoms with Gasteiger partial charge in [0.2, 0.25) is 5.95 Å². The van der Waals surface area contributed by atoms with Crippen molar-refractivity contribution in [2.75, 3.05) is 10.6 Å². The number of hydrogen-bond acceptors (Lipinski definition) is 7. The van der Waals surface area contributed by atoms with E-state index >= 15 is 0 Å². The topological polar surface area (TPSA) is 132 Å². The zero-order chi connectivity index (χ0) is 16.9. The third-order valence-electron chi connectivity index (χ3n) is 4.09. The largest absolute Gasteiger partial charge is 0.364 e. The van der Waals surface area contributed by atoms with Crippen LogP contribution in [0.1, 0.15) is 36.2 Å². The molecule has 8 nitrogen and oxygen atoms in total. The van der Waals surface area contributed by atoms with Crippen LogP contribution in [0.2, 0.25) is 0 Å². The number of carbonyl (C=O) groups excluding carboxylic acids is 1. The van der Waals surface area contributed by atoms with Crippen LogP contribution in [0.15, 0.2) is 30.3 Å². The Morgan fingerprint density at radius 2 is 1.88 bits per heavy atom. The van der Waals surface area contributed by atoms with E-state index in [1.807, 2.05) is 30.3 Å². The van der Waals surface area contributed by atoms with Gasteiger partial charge in [-0.1, -0.05) is 31.0 Å². The summed E-state index contributed by atoms with van der Waals surface area (Å²) in [6.07, 6.45) is 4.19. The van der Waals surface area contributed by atoms with Crippen molar-refractivity contribution in [1.82, 2.24) is 15.2 Å². The fourth-order valence-corrected chi connectivity index (χ4v) is 2.80. The van der Waals surface area contributed by atoms with E-state index in [2.05, 4.69) is 25.8 Å². The van der Waals surface area contributed by atoms with Gasteiger partial charge in [-0.15, -0.1) is 10.2 Å². The Kier molecular flexibility index (Phi) is 4.85. The molecule has 1 aromatic heterocycles. The van der Waals surface area contributed by atoms with Crippen LogP contribution in [0.3, 0.4) is 0 Å². The first-order chi connectivity index (χ1) is 11.6. The van der Waals surface area contributed by atoms with E-state index < -0.39 is 5.91 Å². The van der Waals surface area contributed by atoms with Crippen molar-refractivity contribution in [2.24, 2.45) is 11.5 Å². The number of nitrogens with two attached hydrogens (primary N) is 2. The normalized spacial score (nSPS) is 20.4. The molecule has 6 N–H and O–H groups in total. The number of carbonyl (C=O) groups is 1. The Morgan fingerprint density at radius 3 is 2.58 bits per heavy atom. The number of para-hydroxylation sites is 1. The lowest BCUT2D eigenvalue weighted by Gasteiger charge is -2.29. The number of benzene rings is 1. The van der Waals surface area contributed by atoms with Crippen LogP contribution in [-0.2, 0) is 0 Å². The summed E-state index contributed by atoms with van der Waals surface area (Å²) < 4.78 is 0. The Hall–Kier alpha value is -2.74. The number of primary amides is 1. The smallest absolute Gasteiger partial charge is 0.273 e. The first-order valence-corrected chi connectivity index (χ1v) is 8.02. The maximum absolute atomic E-state index is 11.6. The molecule has 1 fully saturated rings. The quantitative estimate of drug-likeness (QED) is 0.652. The summed E-state index contributed by atoms with van der Waals surface area (Å²) in [6.45, 7) is 0. The molecule has 1 heterocycles. The molecule has 1 amide bonds. The Bertz CT molecular complexity index is 707. The molecule has 1 aliphatic rings. The van der Waals surface area contributed by atoms with Crippen molar-refractivity contribution >= 4 is 23.4 Å². The highest BCUT2D eigenvalue weighted by atomic mass is 16.1. The molecule has 0 spiro atoms. The molecular formula is C16H21N7O. The molecule has 3 rings (SSSR count). The molecule has 2 aromatic rings. The maximum Gasteiger partial charge on any atom is 0.273 e. The lowest BCUT2D eigenvalue weighted by Crippen LogP contribution is -2.43. The van der Waals surface area contributed by atoms with Crippen molar-refractivity contribution in [3.63, 3.8) is 0 Å². The monoisotopic (exact) mass is 327 g/mol. The lowest BCUT2D eigenvalue weighted by atomic mass is 9.91. The molecule has 0 unspecified atom stereocenters. The van der Waals surface area contributed by atoms with Crippen LogP contribution >= 0.6 is 0 Å². The van der Waals surface area contributed by atoms with E-state index in [-0.39, 0.29) is 23.6 Å². The molecule has 0 aliphatic heterocycles. The summed E-state index contributed by atoms with van der Waals surface area (Å²) >= 11 is 0. The summed E-state index contributed by atoms with van der Waals surface area (Å²) in [5, 5.41) is 14.2. The van der Waals surface area contributed by atoms with Gasteiger partial charge >= 0.3 is 0 Å². The second-order valence-corrected chi connectivity index (χ2v) is 5.89. The zero-order valence-corrected chi connectivity index (χ0v) is 13.3. The number of amides is 1. The summed E-state index contributed by atoms with van der Waals surface area (Å²) in [6, 6.07) is 9.53. The number of nitrogens with one attached hydrogen (secondary N) is 2. The second kappa shape index (κ2) is 7.22. The third kappa shape index (κ3) is 3.77. The van der Waals surface area contributed by atoms with E-state index in [1.165, 1.54) is 0 Å². The molecule has 1 saturated carbocycles. The molecular weight excluding hydrogens is 306 g/mol. The molecule has 0 radical (unpaired) electrons. The molecule has 1 aromatic carbocycles. The molecule has 0 saturated heterocycles. The molecule has 0 bridgehead atoms. The zero-order valence-electron chi connectivity index (χ0n) is 13.3. The van der Waals surface area contributed by atoms with Crippen LogP contribution in [0.5, 0.6) is 0 Å². The van der Waals surface area contributed by atoms with Crippen molar-refractivity contribution in [3.05, 3.63) is 36.0 Å². The van der Waals surface area contributed by atoms with Crippen molar-refractivity contribution in [3.8, 4) is 0 Å². The van der Waals surface area contributed by atoms with E-state index in [9.17, 15) is 4.79 Å². The highest BCUT2D eigenvalue weighted by molar-refractivity contribution is 5.96. The molecule has 1 aliphatic carbocycles. The molecule has 24 heavy (non-hydrogen) atoms. The summed E-state index contributed by atoms with van der Waals surface area (Å²) in [4.78, 5) is 15.9. The highest BCUT2D eigenvalue weighted by Crippen LogP contribution is 2.21. The molecule has 126 valence electrons. The lowest BCUT2D eigenvalue weighted by molar-refractivity contribution is 0.0995. The average molecular weight is 327 g/mol. The van der Waals surface area contributed by atoms with Gasteiger partial charge in [0.25, 0.3) is 5.91 Å². The van der Waals surface area contributed by atoms with Crippen LogP contribution in [-0.4, -0.2) is 33.2 Å². The summed E-state index contributed by atoms with van der Waals surface area (Å²) in [7, 11) is 0. The predicted octanol–water partition coefficient (Wildman–Crippen LogP) is 1.40. The number of hydrogen-bond donors (Lipinski definition) is 4. The number of nitrogens with zero attached hydrogens (tertiary/aromatic N) is 3. The van der Waals surface area contributed by atoms with Gasteiger partial charge in [0.1, 0.15) is 0 Å². The molecule has 8 heteroatoms. The summed E-state index contributed by atoms with van der Waals surface area (Å²) in [5.74, 6) is -0.0780. The van der Waals surface area contributed by atoms with Gasteiger partial charge in [-0.05, 0) is 25.0 Å². The van der Waals surface area contributed by atoms with Gasteiger partial charge < -0.3 is 22.1 Å². The van der Waals surface area contributed by atoms with Crippen LogP contribution in [0, 0.1) is 0 Å². The van der Waals surface area contributed by atoms with Gasteiger partial charge in [0.15, 0.2) is 11.5 Å². The Morgan fingerprint density at radius 1 is 1.12 bits per heavy atom. The van der Waals surface area contributed by atoms with E-state index in [0.717, 1.165) is 31.4 Å². The van der Waals surface area contributed by atoms with Crippen molar-refractivity contribution in [1.29, 1.82) is 0 Å². The minimum atomic E-state index is -0.686. The van der Waals surface area contributed by atoms with Gasteiger partial charge in [-0.2, -0.15) is 4.98 Å². The SMILES string of the molecule is NC(=O)c1nnc(N[C@@H]2CCCC[C@@H]2N)nc1Nc1ccccc1. The van der Waals surface area contributed by atoms with E-state index in [1.54, 1.807) is 0 Å². The number of anilines is 3. The predicted molar refractivity (Wildman–Crippen MR) is 91.9 cm³/mol. The van der Waals surface area contributed by atoms with Crippen molar-refractivity contribution in [2.45, 2.75) is 37.8 Å². The van der Waals surface area contributed by atoms with Crippen LogP contribution < -0.4 is 22.1 Å². The van der Waals surface area contributed by atoms with Gasteiger partial charge in [-0.25, -0.2) is 0 Å². The second-order valence-electron chi connectivity index (χ2n) is 5.89.